The van der Waals surface area contributed by atoms with Crippen LogP contribution in [0.2, 0.25) is 0 Å². The molecule has 1 atom stereocenters. The Kier molecular flexibility index (Phi) is 5.49. The molecule has 0 spiro atoms. The highest BCUT2D eigenvalue weighted by molar-refractivity contribution is 5.92. The van der Waals surface area contributed by atoms with Crippen molar-refractivity contribution in [1.82, 2.24) is 34.3 Å². The fourth-order valence-electron chi connectivity index (χ4n) is 3.86. The van der Waals surface area contributed by atoms with Gasteiger partial charge in [0, 0.05) is 41.7 Å². The van der Waals surface area contributed by atoms with E-state index in [2.05, 4.69) is 31.2 Å². The zero-order valence-corrected chi connectivity index (χ0v) is 18.0. The molecule has 170 valence electrons. The van der Waals surface area contributed by atoms with Crippen LogP contribution in [-0.2, 0) is 6.18 Å². The number of rotatable bonds is 5. The third-order valence-electron chi connectivity index (χ3n) is 5.39. The molecule has 0 aliphatic carbocycles. The van der Waals surface area contributed by atoms with Crippen LogP contribution in [0.3, 0.4) is 0 Å². The van der Waals surface area contributed by atoms with Gasteiger partial charge in [-0.05, 0) is 25.8 Å². The van der Waals surface area contributed by atoms with Crippen LogP contribution < -0.4 is 5.73 Å². The molecule has 4 rings (SSSR count). The molecule has 0 aliphatic heterocycles. The molecule has 9 nitrogen and oxygen atoms in total. The maximum atomic E-state index is 13.0. The van der Waals surface area contributed by atoms with Crippen molar-refractivity contribution in [2.75, 3.05) is 5.73 Å². The number of halogens is 3. The number of nitrogens with zero attached hydrogens (tertiary/aromatic N) is 8. The van der Waals surface area contributed by atoms with Crippen LogP contribution in [0, 0.1) is 11.3 Å². The first-order valence-electron chi connectivity index (χ1n) is 10.2. The summed E-state index contributed by atoms with van der Waals surface area (Å²) < 4.78 is 42.2. The largest absolute Gasteiger partial charge is 0.451 e. The lowest BCUT2D eigenvalue weighted by atomic mass is 9.91. The SMILES string of the molecule is CC[C@@H](c1cnn(C(C)C)c1)c1c(C#N)c(-c2cnc(C(F)(F)F)nc2)c2c(N)ncnn12. The monoisotopic (exact) mass is 455 g/mol. The van der Waals surface area contributed by atoms with E-state index in [0.717, 1.165) is 18.0 Å². The molecule has 12 heteroatoms. The lowest BCUT2D eigenvalue weighted by Crippen LogP contribution is -2.10. The highest BCUT2D eigenvalue weighted by Gasteiger charge is 2.35. The summed E-state index contributed by atoms with van der Waals surface area (Å²) in [5, 5.41) is 18.8. The van der Waals surface area contributed by atoms with Crippen molar-refractivity contribution in [3.8, 4) is 17.2 Å². The Morgan fingerprint density at radius 2 is 1.82 bits per heavy atom. The number of nitrogen functional groups attached to an aromatic ring is 1. The Labute approximate surface area is 186 Å². The molecular weight excluding hydrogens is 435 g/mol. The molecule has 0 fully saturated rings. The molecule has 0 aromatic carbocycles. The molecule has 0 radical (unpaired) electrons. The van der Waals surface area contributed by atoms with E-state index in [1.165, 1.54) is 10.8 Å². The first kappa shape index (κ1) is 22.2. The number of aromatic nitrogens is 7. The molecule has 0 bridgehead atoms. The maximum Gasteiger partial charge on any atom is 0.451 e. The van der Waals surface area contributed by atoms with Gasteiger partial charge in [-0.15, -0.1) is 0 Å². The van der Waals surface area contributed by atoms with E-state index in [9.17, 15) is 18.4 Å². The topological polar surface area (TPSA) is 124 Å². The first-order valence-corrected chi connectivity index (χ1v) is 10.2. The molecule has 0 saturated heterocycles. The predicted molar refractivity (Wildman–Crippen MR) is 113 cm³/mol. The third-order valence-corrected chi connectivity index (χ3v) is 5.39. The van der Waals surface area contributed by atoms with E-state index < -0.39 is 12.0 Å². The standard InChI is InChI=1S/C21H20F3N9/c1-4-14(13-8-30-32(9-13)11(2)3)17-15(5-25)16(18-19(26)29-10-31-33(17)18)12-6-27-20(28-7-12)21(22,23)24/h6-11,14H,4H2,1-3H3,(H2,26,29,31)/t14-/m0/s1. The van der Waals surface area contributed by atoms with E-state index in [1.54, 1.807) is 6.20 Å². The Morgan fingerprint density at radius 3 is 2.36 bits per heavy atom. The van der Waals surface area contributed by atoms with E-state index in [0.29, 0.717) is 17.6 Å². The minimum atomic E-state index is -4.68. The fraction of sp³-hybridized carbons (Fsp3) is 0.333. The summed E-state index contributed by atoms with van der Waals surface area (Å²) in [5.41, 5.74) is 8.57. The quantitative estimate of drug-likeness (QED) is 0.483. The second-order valence-corrected chi connectivity index (χ2v) is 7.75. The van der Waals surface area contributed by atoms with Gasteiger partial charge in [-0.3, -0.25) is 4.68 Å². The molecule has 2 N–H and O–H groups in total. The van der Waals surface area contributed by atoms with Gasteiger partial charge in [0.1, 0.15) is 17.9 Å². The van der Waals surface area contributed by atoms with Gasteiger partial charge in [-0.25, -0.2) is 19.5 Å². The average molecular weight is 455 g/mol. The van der Waals surface area contributed by atoms with Gasteiger partial charge in [0.25, 0.3) is 0 Å². The lowest BCUT2D eigenvalue weighted by Gasteiger charge is -2.14. The molecule has 0 aliphatic rings. The molecule has 4 heterocycles. The highest BCUT2D eigenvalue weighted by Crippen LogP contribution is 2.40. The van der Waals surface area contributed by atoms with Crippen LogP contribution in [0.15, 0.2) is 31.1 Å². The van der Waals surface area contributed by atoms with Gasteiger partial charge in [-0.2, -0.15) is 28.6 Å². The van der Waals surface area contributed by atoms with Crippen molar-refractivity contribution in [3.63, 3.8) is 0 Å². The van der Waals surface area contributed by atoms with Crippen LogP contribution in [0.25, 0.3) is 16.6 Å². The average Bonchev–Trinajstić information content (AvgIpc) is 3.38. The van der Waals surface area contributed by atoms with Gasteiger partial charge in [0.15, 0.2) is 5.82 Å². The van der Waals surface area contributed by atoms with Crippen molar-refractivity contribution in [1.29, 1.82) is 5.26 Å². The van der Waals surface area contributed by atoms with Gasteiger partial charge in [0.2, 0.25) is 5.82 Å². The molecule has 4 aromatic heterocycles. The third kappa shape index (κ3) is 3.75. The van der Waals surface area contributed by atoms with E-state index in [4.69, 9.17) is 5.73 Å². The minimum absolute atomic E-state index is 0.0791. The molecular formula is C21H20F3N9. The lowest BCUT2D eigenvalue weighted by molar-refractivity contribution is -0.144. The number of hydrogen-bond acceptors (Lipinski definition) is 7. The van der Waals surface area contributed by atoms with Gasteiger partial charge >= 0.3 is 6.18 Å². The zero-order chi connectivity index (χ0) is 23.9. The van der Waals surface area contributed by atoms with Crippen LogP contribution in [0.5, 0.6) is 0 Å². The predicted octanol–water partition coefficient (Wildman–Crippen LogP) is 3.98. The van der Waals surface area contributed by atoms with Gasteiger partial charge in [-0.1, -0.05) is 6.92 Å². The Balaban J connectivity index is 1.99. The summed E-state index contributed by atoms with van der Waals surface area (Å²) in [6, 6.07) is 2.34. The Morgan fingerprint density at radius 1 is 1.12 bits per heavy atom. The summed E-state index contributed by atoms with van der Waals surface area (Å²) in [6.07, 6.45) is 2.89. The molecule has 4 aromatic rings. The second kappa shape index (κ2) is 8.16. The van der Waals surface area contributed by atoms with E-state index in [-0.39, 0.29) is 34.5 Å². The number of hydrogen-bond donors (Lipinski definition) is 1. The molecule has 0 amide bonds. The maximum absolute atomic E-state index is 13.0. The normalized spacial score (nSPS) is 12.9. The van der Waals surface area contributed by atoms with Crippen LogP contribution in [-0.4, -0.2) is 34.3 Å². The second-order valence-electron chi connectivity index (χ2n) is 7.75. The highest BCUT2D eigenvalue weighted by atomic mass is 19.4. The van der Waals surface area contributed by atoms with Crippen molar-refractivity contribution < 1.29 is 13.2 Å². The zero-order valence-electron chi connectivity index (χ0n) is 18.0. The van der Waals surface area contributed by atoms with E-state index >= 15 is 0 Å². The van der Waals surface area contributed by atoms with Gasteiger partial charge < -0.3 is 5.73 Å². The summed E-state index contributed by atoms with van der Waals surface area (Å²) in [4.78, 5) is 10.9. The van der Waals surface area contributed by atoms with Crippen molar-refractivity contribution in [2.45, 2.75) is 45.3 Å². The number of anilines is 1. The fourth-order valence-corrected chi connectivity index (χ4v) is 3.86. The Hall–Kier alpha value is -4.01. The van der Waals surface area contributed by atoms with Crippen molar-refractivity contribution in [3.05, 3.63) is 53.8 Å². The van der Waals surface area contributed by atoms with Gasteiger partial charge in [0.05, 0.1) is 17.5 Å². The number of alkyl halides is 3. The minimum Gasteiger partial charge on any atom is -0.382 e. The van der Waals surface area contributed by atoms with Crippen LogP contribution >= 0.6 is 0 Å². The summed E-state index contributed by atoms with van der Waals surface area (Å²) >= 11 is 0. The molecule has 0 unspecified atom stereocenters. The number of nitriles is 1. The Bertz CT molecular complexity index is 1340. The summed E-state index contributed by atoms with van der Waals surface area (Å²) in [7, 11) is 0. The van der Waals surface area contributed by atoms with Crippen molar-refractivity contribution in [2.24, 2.45) is 0 Å². The van der Waals surface area contributed by atoms with E-state index in [1.807, 2.05) is 31.6 Å². The van der Waals surface area contributed by atoms with Crippen LogP contribution in [0.4, 0.5) is 19.0 Å². The molecule has 33 heavy (non-hydrogen) atoms. The van der Waals surface area contributed by atoms with Crippen molar-refractivity contribution >= 4 is 11.3 Å². The molecule has 0 saturated carbocycles. The first-order chi connectivity index (χ1) is 15.7. The smallest absolute Gasteiger partial charge is 0.382 e. The number of nitrogens with two attached hydrogens (primary N) is 1. The number of fused-ring (bicyclic) bond motifs is 1. The summed E-state index contributed by atoms with van der Waals surface area (Å²) in [6.45, 7) is 5.97. The van der Waals surface area contributed by atoms with Crippen LogP contribution in [0.1, 0.15) is 61.8 Å². The summed E-state index contributed by atoms with van der Waals surface area (Å²) in [5.74, 6) is -1.47.